The molecule has 10 aromatic rings. The Labute approximate surface area is 277 Å². The van der Waals surface area contributed by atoms with Crippen molar-refractivity contribution in [3.05, 3.63) is 176 Å². The molecule has 2 heteroatoms. The van der Waals surface area contributed by atoms with E-state index in [0.29, 0.717) is 0 Å². The van der Waals surface area contributed by atoms with Crippen LogP contribution >= 0.6 is 0 Å². The zero-order valence-electron chi connectivity index (χ0n) is 26.1. The molecule has 9 aromatic carbocycles. The Balaban J connectivity index is 1.32. The van der Waals surface area contributed by atoms with Crippen LogP contribution in [0.1, 0.15) is 0 Å². The van der Waals surface area contributed by atoms with Gasteiger partial charge in [-0.2, -0.15) is 0 Å². The maximum atomic E-state index is 6.78. The fraction of sp³-hybridized carbons (Fsp3) is 0. The summed E-state index contributed by atoms with van der Waals surface area (Å²) in [7, 11) is 0. The Kier molecular flexibility index (Phi) is 5.91. The number of nitrogens with zero attached hydrogens (tertiary/aromatic N) is 1. The van der Waals surface area contributed by atoms with Gasteiger partial charge in [0.15, 0.2) is 0 Å². The predicted molar refractivity (Wildman–Crippen MR) is 204 cm³/mol. The number of hydrogen-bond acceptors (Lipinski definition) is 2. The Morgan fingerprint density at radius 1 is 0.354 bits per heavy atom. The average molecular weight is 612 g/mol. The van der Waals surface area contributed by atoms with Crippen LogP contribution in [-0.2, 0) is 0 Å². The molecule has 224 valence electrons. The molecule has 0 aliphatic heterocycles. The van der Waals surface area contributed by atoms with E-state index in [1.807, 2.05) is 0 Å². The Bertz CT molecular complexity index is 2780. The monoisotopic (exact) mass is 611 g/mol. The molecule has 0 bridgehead atoms. The molecule has 0 aliphatic carbocycles. The fourth-order valence-corrected chi connectivity index (χ4v) is 7.56. The number of benzene rings is 9. The van der Waals surface area contributed by atoms with Crippen LogP contribution in [0.3, 0.4) is 0 Å². The van der Waals surface area contributed by atoms with Gasteiger partial charge in [0.1, 0.15) is 11.2 Å². The molecule has 0 radical (unpaired) electrons. The number of anilines is 3. The van der Waals surface area contributed by atoms with Gasteiger partial charge in [0.25, 0.3) is 0 Å². The van der Waals surface area contributed by atoms with Crippen LogP contribution in [0.4, 0.5) is 17.1 Å². The van der Waals surface area contributed by atoms with E-state index in [0.717, 1.165) is 49.8 Å². The van der Waals surface area contributed by atoms with Crippen LogP contribution in [0.25, 0.3) is 76.2 Å². The minimum absolute atomic E-state index is 0.890. The summed E-state index contributed by atoms with van der Waals surface area (Å²) in [5.74, 6) is 0. The summed E-state index contributed by atoms with van der Waals surface area (Å²) in [6, 6.07) is 63.3. The third kappa shape index (κ3) is 4.13. The number of hydrogen-bond donors (Lipinski definition) is 0. The van der Waals surface area contributed by atoms with Crippen molar-refractivity contribution < 1.29 is 4.42 Å². The third-order valence-corrected chi connectivity index (χ3v) is 9.78. The lowest BCUT2D eigenvalue weighted by molar-refractivity contribution is 0.673. The Morgan fingerprint density at radius 3 is 1.60 bits per heavy atom. The number of rotatable bonds is 4. The normalized spacial score (nSPS) is 11.8. The average Bonchev–Trinajstić information content (AvgIpc) is 3.54. The molecule has 10 rings (SSSR count). The van der Waals surface area contributed by atoms with Gasteiger partial charge in [-0.1, -0.05) is 140 Å². The molecule has 0 saturated heterocycles. The van der Waals surface area contributed by atoms with Crippen LogP contribution < -0.4 is 4.90 Å². The van der Waals surface area contributed by atoms with Gasteiger partial charge in [0.05, 0.1) is 5.69 Å². The van der Waals surface area contributed by atoms with Crippen molar-refractivity contribution in [2.24, 2.45) is 0 Å². The van der Waals surface area contributed by atoms with Gasteiger partial charge in [-0.3, -0.25) is 0 Å². The van der Waals surface area contributed by atoms with E-state index in [1.165, 1.54) is 43.4 Å². The van der Waals surface area contributed by atoms with Crippen LogP contribution in [0.2, 0.25) is 0 Å². The van der Waals surface area contributed by atoms with Crippen LogP contribution in [-0.4, -0.2) is 0 Å². The summed E-state index contributed by atoms with van der Waals surface area (Å²) >= 11 is 0. The number of furan rings is 1. The first kappa shape index (κ1) is 26.8. The van der Waals surface area contributed by atoms with Gasteiger partial charge < -0.3 is 9.32 Å². The number of fused-ring (bicyclic) bond motifs is 8. The van der Waals surface area contributed by atoms with Crippen molar-refractivity contribution in [1.82, 2.24) is 0 Å². The smallest absolute Gasteiger partial charge is 0.143 e. The lowest BCUT2D eigenvalue weighted by Crippen LogP contribution is -2.10. The largest absolute Gasteiger partial charge is 0.455 e. The zero-order chi connectivity index (χ0) is 31.6. The molecule has 0 spiro atoms. The highest BCUT2D eigenvalue weighted by Gasteiger charge is 2.22. The second kappa shape index (κ2) is 10.6. The van der Waals surface area contributed by atoms with Crippen molar-refractivity contribution in [2.75, 3.05) is 4.90 Å². The molecule has 0 amide bonds. The van der Waals surface area contributed by atoms with Gasteiger partial charge in [0, 0.05) is 32.9 Å². The lowest BCUT2D eigenvalue weighted by Gasteiger charge is -2.28. The highest BCUT2D eigenvalue weighted by Crippen LogP contribution is 2.47. The zero-order valence-corrected chi connectivity index (χ0v) is 26.1. The summed E-state index contributed by atoms with van der Waals surface area (Å²) in [4.78, 5) is 2.42. The van der Waals surface area contributed by atoms with Gasteiger partial charge in [-0.25, -0.2) is 0 Å². The van der Waals surface area contributed by atoms with Crippen molar-refractivity contribution >= 4 is 82.1 Å². The molecule has 0 atom stereocenters. The Morgan fingerprint density at radius 2 is 0.896 bits per heavy atom. The standard InChI is InChI=1S/C46H29NO/c1-3-14-33-27-35(25-23-30(33)11-1)47(36-26-24-31-12-2-4-15-34(31)28-36)43-29-42-45-40(38-20-9-16-32-13-5-6-17-37(32)38)21-10-22-44(45)48-46(42)41-19-8-7-18-39(41)43/h1-29H. The minimum Gasteiger partial charge on any atom is -0.455 e. The molecule has 1 heterocycles. The molecule has 0 unspecified atom stereocenters. The molecule has 1 aromatic heterocycles. The topological polar surface area (TPSA) is 16.4 Å². The molecule has 0 aliphatic rings. The maximum Gasteiger partial charge on any atom is 0.143 e. The van der Waals surface area contributed by atoms with E-state index >= 15 is 0 Å². The molecular formula is C46H29NO. The molecule has 0 fully saturated rings. The minimum atomic E-state index is 0.890. The summed E-state index contributed by atoms with van der Waals surface area (Å²) in [6.45, 7) is 0. The summed E-state index contributed by atoms with van der Waals surface area (Å²) in [6.07, 6.45) is 0. The second-order valence-corrected chi connectivity index (χ2v) is 12.5. The van der Waals surface area contributed by atoms with E-state index in [1.54, 1.807) is 0 Å². The molecule has 0 N–H and O–H groups in total. The van der Waals surface area contributed by atoms with Gasteiger partial charge in [0.2, 0.25) is 0 Å². The molecule has 48 heavy (non-hydrogen) atoms. The molecule has 0 saturated carbocycles. The van der Waals surface area contributed by atoms with Gasteiger partial charge >= 0.3 is 0 Å². The fourth-order valence-electron chi connectivity index (χ4n) is 7.56. The SMILES string of the molecule is c1ccc2cc(N(c3ccc4ccccc4c3)c3cc4c(oc5cccc(-c6cccc7ccccc67)c54)c4ccccc34)ccc2c1. The Hall–Kier alpha value is -6.38. The third-order valence-electron chi connectivity index (χ3n) is 9.78. The predicted octanol–water partition coefficient (Wildman–Crippen LogP) is 13.3. The second-order valence-electron chi connectivity index (χ2n) is 12.5. The van der Waals surface area contributed by atoms with Gasteiger partial charge in [-0.15, -0.1) is 0 Å². The van der Waals surface area contributed by atoms with Crippen LogP contribution in [0.5, 0.6) is 0 Å². The van der Waals surface area contributed by atoms with Crippen LogP contribution in [0.15, 0.2) is 180 Å². The van der Waals surface area contributed by atoms with E-state index in [4.69, 9.17) is 4.42 Å². The summed E-state index contributed by atoms with van der Waals surface area (Å²) in [5.41, 5.74) is 7.50. The van der Waals surface area contributed by atoms with Crippen LogP contribution in [0, 0.1) is 0 Å². The van der Waals surface area contributed by atoms with E-state index in [2.05, 4.69) is 181 Å². The maximum absolute atomic E-state index is 6.78. The van der Waals surface area contributed by atoms with Crippen molar-refractivity contribution in [3.63, 3.8) is 0 Å². The quantitative estimate of drug-likeness (QED) is 0.197. The summed E-state index contributed by atoms with van der Waals surface area (Å²) < 4.78 is 6.78. The molecular weight excluding hydrogens is 583 g/mol. The van der Waals surface area contributed by atoms with Crippen molar-refractivity contribution in [2.45, 2.75) is 0 Å². The highest BCUT2D eigenvalue weighted by atomic mass is 16.3. The summed E-state index contributed by atoms with van der Waals surface area (Å²) in [5, 5.41) is 11.8. The highest BCUT2D eigenvalue weighted by molar-refractivity contribution is 6.23. The first-order valence-electron chi connectivity index (χ1n) is 16.4. The molecule has 2 nitrogen and oxygen atoms in total. The first-order valence-corrected chi connectivity index (χ1v) is 16.4. The van der Waals surface area contributed by atoms with Crippen molar-refractivity contribution in [1.29, 1.82) is 0 Å². The lowest BCUT2D eigenvalue weighted by atomic mass is 9.93. The van der Waals surface area contributed by atoms with E-state index < -0.39 is 0 Å². The van der Waals surface area contributed by atoms with E-state index in [-0.39, 0.29) is 0 Å². The van der Waals surface area contributed by atoms with E-state index in [9.17, 15) is 0 Å². The van der Waals surface area contributed by atoms with Crippen molar-refractivity contribution in [3.8, 4) is 11.1 Å². The van der Waals surface area contributed by atoms with Gasteiger partial charge in [-0.05, 0) is 79.8 Å². The first-order chi connectivity index (χ1) is 23.8.